The van der Waals surface area contributed by atoms with E-state index in [-0.39, 0.29) is 6.61 Å². The van der Waals surface area contributed by atoms with E-state index in [1.807, 2.05) is 18.3 Å². The molecule has 1 aromatic heterocycles. The fraction of sp³-hybridized carbons (Fsp3) is 0.385. The van der Waals surface area contributed by atoms with Crippen LogP contribution < -0.4 is 5.32 Å². The van der Waals surface area contributed by atoms with Gasteiger partial charge in [-0.05, 0) is 37.1 Å². The molecule has 5 nitrogen and oxygen atoms in total. The molecule has 0 atom stereocenters. The van der Waals surface area contributed by atoms with Crippen LogP contribution in [-0.2, 0) is 13.1 Å². The zero-order valence-electron chi connectivity index (χ0n) is 10.8. The van der Waals surface area contributed by atoms with Crippen LogP contribution in [0.15, 0.2) is 28.9 Å². The van der Waals surface area contributed by atoms with Crippen molar-refractivity contribution in [1.29, 1.82) is 0 Å². The van der Waals surface area contributed by atoms with Crippen LogP contribution in [0.4, 0.5) is 5.69 Å². The van der Waals surface area contributed by atoms with Crippen molar-refractivity contribution in [3.8, 4) is 0 Å². The summed E-state index contributed by atoms with van der Waals surface area (Å²) in [6.07, 6.45) is 2.60. The molecule has 2 rings (SSSR count). The van der Waals surface area contributed by atoms with Gasteiger partial charge in [0.15, 0.2) is 0 Å². The lowest BCUT2D eigenvalue weighted by atomic mass is 10.2. The first-order valence-electron chi connectivity index (χ1n) is 6.19. The number of aliphatic hydroxyl groups is 1. The van der Waals surface area contributed by atoms with Gasteiger partial charge in [-0.2, -0.15) is 0 Å². The topological polar surface area (TPSA) is 63.0 Å². The third-order valence-corrected chi connectivity index (χ3v) is 3.27. The van der Waals surface area contributed by atoms with E-state index in [2.05, 4.69) is 44.5 Å². The van der Waals surface area contributed by atoms with Crippen LogP contribution in [0.5, 0.6) is 0 Å². The van der Waals surface area contributed by atoms with Gasteiger partial charge in [0.1, 0.15) is 5.69 Å². The minimum absolute atomic E-state index is 0.172. The first-order chi connectivity index (χ1) is 9.19. The Morgan fingerprint density at radius 2 is 2.26 bits per heavy atom. The average molecular weight is 325 g/mol. The summed E-state index contributed by atoms with van der Waals surface area (Å²) in [4.78, 5) is 0. The van der Waals surface area contributed by atoms with E-state index in [0.717, 1.165) is 15.9 Å². The highest BCUT2D eigenvalue weighted by Gasteiger charge is 2.02. The molecule has 2 N–H and O–H groups in total. The molecule has 2 aromatic rings. The lowest BCUT2D eigenvalue weighted by Gasteiger charge is -2.08. The number of anilines is 1. The molecule has 0 aliphatic heterocycles. The number of hydrogen-bond acceptors (Lipinski definition) is 4. The van der Waals surface area contributed by atoms with E-state index >= 15 is 0 Å². The summed E-state index contributed by atoms with van der Waals surface area (Å²) in [6.45, 7) is 3.57. The van der Waals surface area contributed by atoms with Crippen molar-refractivity contribution in [2.24, 2.45) is 0 Å². The zero-order valence-corrected chi connectivity index (χ0v) is 12.4. The number of aromatic nitrogens is 3. The van der Waals surface area contributed by atoms with E-state index in [0.29, 0.717) is 19.5 Å². The van der Waals surface area contributed by atoms with Crippen LogP contribution in [0, 0.1) is 6.92 Å². The van der Waals surface area contributed by atoms with Crippen LogP contribution in [-0.4, -0.2) is 26.7 Å². The van der Waals surface area contributed by atoms with Crippen molar-refractivity contribution in [2.45, 2.75) is 26.4 Å². The maximum Gasteiger partial charge on any atom is 0.102 e. The summed E-state index contributed by atoms with van der Waals surface area (Å²) in [7, 11) is 0. The monoisotopic (exact) mass is 324 g/mol. The molecule has 19 heavy (non-hydrogen) atoms. The molecule has 0 saturated heterocycles. The second kappa shape index (κ2) is 6.68. The van der Waals surface area contributed by atoms with Gasteiger partial charge in [0.2, 0.25) is 0 Å². The molecule has 0 amide bonds. The Hall–Kier alpha value is -1.40. The number of nitrogens with zero attached hydrogens (tertiary/aromatic N) is 3. The van der Waals surface area contributed by atoms with E-state index < -0.39 is 0 Å². The van der Waals surface area contributed by atoms with Crippen molar-refractivity contribution in [3.05, 3.63) is 40.1 Å². The van der Waals surface area contributed by atoms with Crippen LogP contribution in [0.2, 0.25) is 0 Å². The predicted molar refractivity (Wildman–Crippen MR) is 77.9 cm³/mol. The molecule has 0 spiro atoms. The summed E-state index contributed by atoms with van der Waals surface area (Å²) >= 11 is 3.45. The summed E-state index contributed by atoms with van der Waals surface area (Å²) in [5.74, 6) is 0. The highest BCUT2D eigenvalue weighted by molar-refractivity contribution is 9.10. The van der Waals surface area contributed by atoms with Gasteiger partial charge in [-0.15, -0.1) is 5.10 Å². The molecule has 102 valence electrons. The lowest BCUT2D eigenvalue weighted by molar-refractivity contribution is 0.276. The summed E-state index contributed by atoms with van der Waals surface area (Å²) < 4.78 is 2.83. The normalized spacial score (nSPS) is 10.7. The second-order valence-corrected chi connectivity index (χ2v) is 5.28. The summed E-state index contributed by atoms with van der Waals surface area (Å²) in [5, 5.41) is 20.2. The molecule has 0 aliphatic rings. The molecular formula is C13H17BrN4O. The van der Waals surface area contributed by atoms with Crippen LogP contribution >= 0.6 is 15.9 Å². The van der Waals surface area contributed by atoms with E-state index in [1.54, 1.807) is 4.68 Å². The van der Waals surface area contributed by atoms with E-state index in [4.69, 9.17) is 5.11 Å². The Morgan fingerprint density at radius 3 is 3.00 bits per heavy atom. The van der Waals surface area contributed by atoms with Gasteiger partial charge >= 0.3 is 0 Å². The Labute approximate surface area is 120 Å². The maximum atomic E-state index is 8.76. The van der Waals surface area contributed by atoms with Gasteiger partial charge in [0.05, 0.1) is 12.7 Å². The Kier molecular flexibility index (Phi) is 4.93. The average Bonchev–Trinajstić information content (AvgIpc) is 2.83. The molecule has 6 heteroatoms. The largest absolute Gasteiger partial charge is 0.396 e. The maximum absolute atomic E-state index is 8.76. The Bertz CT molecular complexity index is 541. The number of halogens is 1. The third-order valence-electron chi connectivity index (χ3n) is 2.78. The number of rotatable bonds is 6. The minimum atomic E-state index is 0.172. The molecule has 0 fully saturated rings. The smallest absolute Gasteiger partial charge is 0.102 e. The minimum Gasteiger partial charge on any atom is -0.396 e. The number of aliphatic hydroxyl groups excluding tert-OH is 1. The van der Waals surface area contributed by atoms with Gasteiger partial charge in [0.25, 0.3) is 0 Å². The van der Waals surface area contributed by atoms with Crippen molar-refractivity contribution < 1.29 is 5.11 Å². The third kappa shape index (κ3) is 4.04. The number of aryl methyl sites for hydroxylation is 2. The van der Waals surface area contributed by atoms with Gasteiger partial charge in [-0.1, -0.05) is 21.1 Å². The standard InChI is InChI=1S/C13H17BrN4O/c1-10-7-11(14)3-4-13(10)15-8-12-9-18(17-16-12)5-2-6-19/h3-4,7,9,15,19H,2,5-6,8H2,1H3. The molecule has 0 radical (unpaired) electrons. The highest BCUT2D eigenvalue weighted by atomic mass is 79.9. The Balaban J connectivity index is 1.92. The van der Waals surface area contributed by atoms with Crippen molar-refractivity contribution in [3.63, 3.8) is 0 Å². The van der Waals surface area contributed by atoms with Gasteiger partial charge < -0.3 is 10.4 Å². The number of nitrogens with one attached hydrogen (secondary N) is 1. The van der Waals surface area contributed by atoms with Crippen molar-refractivity contribution >= 4 is 21.6 Å². The second-order valence-electron chi connectivity index (χ2n) is 4.36. The van der Waals surface area contributed by atoms with E-state index in [9.17, 15) is 0 Å². The zero-order chi connectivity index (χ0) is 13.7. The van der Waals surface area contributed by atoms with Crippen LogP contribution in [0.3, 0.4) is 0 Å². The summed E-state index contributed by atoms with van der Waals surface area (Å²) in [6, 6.07) is 6.11. The van der Waals surface area contributed by atoms with Crippen molar-refractivity contribution in [2.75, 3.05) is 11.9 Å². The molecule has 0 saturated carbocycles. The van der Waals surface area contributed by atoms with E-state index in [1.165, 1.54) is 5.56 Å². The molecule has 1 aromatic carbocycles. The summed E-state index contributed by atoms with van der Waals surface area (Å²) in [5.41, 5.74) is 3.16. The van der Waals surface area contributed by atoms with Crippen LogP contribution in [0.1, 0.15) is 17.7 Å². The molecular weight excluding hydrogens is 308 g/mol. The highest BCUT2D eigenvalue weighted by Crippen LogP contribution is 2.20. The fourth-order valence-electron chi connectivity index (χ4n) is 1.77. The van der Waals surface area contributed by atoms with Gasteiger partial charge in [-0.3, -0.25) is 4.68 Å². The van der Waals surface area contributed by atoms with Gasteiger partial charge in [-0.25, -0.2) is 0 Å². The molecule has 0 bridgehead atoms. The van der Waals surface area contributed by atoms with Gasteiger partial charge in [0, 0.05) is 23.3 Å². The Morgan fingerprint density at radius 1 is 1.42 bits per heavy atom. The molecule has 0 unspecified atom stereocenters. The molecule has 0 aliphatic carbocycles. The fourth-order valence-corrected chi connectivity index (χ4v) is 2.25. The number of hydrogen-bond donors (Lipinski definition) is 2. The first kappa shape index (κ1) is 14.0. The molecule has 1 heterocycles. The lowest BCUT2D eigenvalue weighted by Crippen LogP contribution is -2.02. The predicted octanol–water partition coefficient (Wildman–Crippen LogP) is 2.34. The SMILES string of the molecule is Cc1cc(Br)ccc1NCc1cn(CCCO)nn1. The quantitative estimate of drug-likeness (QED) is 0.856. The van der Waals surface area contributed by atoms with Crippen molar-refractivity contribution in [1.82, 2.24) is 15.0 Å². The number of benzene rings is 1. The first-order valence-corrected chi connectivity index (χ1v) is 6.98. The van der Waals surface area contributed by atoms with Crippen LogP contribution in [0.25, 0.3) is 0 Å².